The van der Waals surface area contributed by atoms with E-state index in [4.69, 9.17) is 14.7 Å². The van der Waals surface area contributed by atoms with E-state index in [0.29, 0.717) is 24.4 Å². The van der Waals surface area contributed by atoms with E-state index in [1.807, 2.05) is 36.0 Å². The molecule has 0 aromatic heterocycles. The van der Waals surface area contributed by atoms with E-state index in [-0.39, 0.29) is 18.6 Å². The molecular formula is C23H27N3O3. The molecule has 6 heteroatoms. The van der Waals surface area contributed by atoms with Gasteiger partial charge in [0.05, 0.1) is 17.7 Å². The number of carbonyl (C=O) groups is 1. The number of hydrogen-bond donors (Lipinski definition) is 0. The Bertz CT molecular complexity index is 835. The van der Waals surface area contributed by atoms with Crippen molar-refractivity contribution in [3.8, 4) is 11.8 Å². The van der Waals surface area contributed by atoms with E-state index < -0.39 is 0 Å². The third kappa shape index (κ3) is 5.97. The molecule has 29 heavy (non-hydrogen) atoms. The van der Waals surface area contributed by atoms with E-state index >= 15 is 0 Å². The Balaban J connectivity index is 1.64. The summed E-state index contributed by atoms with van der Waals surface area (Å²) in [6, 6.07) is 17.0. The maximum Gasteiger partial charge on any atom is 0.260 e. The molecule has 3 rings (SSSR count). The number of nitrogens with zero attached hydrogens (tertiary/aromatic N) is 3. The van der Waals surface area contributed by atoms with Crippen molar-refractivity contribution >= 4 is 11.6 Å². The van der Waals surface area contributed by atoms with Crippen LogP contribution in [0.5, 0.6) is 5.75 Å². The molecule has 1 aliphatic rings. The van der Waals surface area contributed by atoms with E-state index in [1.165, 1.54) is 0 Å². The molecule has 1 heterocycles. The van der Waals surface area contributed by atoms with Crippen molar-refractivity contribution in [3.05, 3.63) is 59.7 Å². The zero-order valence-electron chi connectivity index (χ0n) is 17.0. The fraction of sp³-hybridized carbons (Fsp3) is 0.391. The molecule has 1 fully saturated rings. The molecule has 0 spiro atoms. The van der Waals surface area contributed by atoms with Crippen LogP contribution in [-0.4, -0.2) is 50.8 Å². The van der Waals surface area contributed by atoms with E-state index in [2.05, 4.69) is 18.2 Å². The van der Waals surface area contributed by atoms with Crippen LogP contribution in [0.1, 0.15) is 24.0 Å². The lowest BCUT2D eigenvalue weighted by atomic mass is 10.1. The number of hydrogen-bond acceptors (Lipinski definition) is 5. The van der Waals surface area contributed by atoms with Gasteiger partial charge in [-0.2, -0.15) is 5.26 Å². The summed E-state index contributed by atoms with van der Waals surface area (Å²) in [4.78, 5) is 16.7. The first kappa shape index (κ1) is 20.7. The fourth-order valence-electron chi connectivity index (χ4n) is 3.27. The molecule has 2 aromatic carbocycles. The second-order valence-electron chi connectivity index (χ2n) is 7.40. The second kappa shape index (κ2) is 9.94. The Kier molecular flexibility index (Phi) is 7.09. The van der Waals surface area contributed by atoms with Gasteiger partial charge in [-0.05, 0) is 54.8 Å². The lowest BCUT2D eigenvalue weighted by Crippen LogP contribution is -2.39. The van der Waals surface area contributed by atoms with Crippen LogP contribution in [0.15, 0.2) is 48.5 Å². The van der Waals surface area contributed by atoms with Crippen molar-refractivity contribution in [2.75, 3.05) is 38.8 Å². The van der Waals surface area contributed by atoms with Gasteiger partial charge in [-0.3, -0.25) is 4.79 Å². The van der Waals surface area contributed by atoms with Gasteiger partial charge in [-0.25, -0.2) is 0 Å². The highest BCUT2D eigenvalue weighted by Crippen LogP contribution is 2.18. The number of carbonyl (C=O) groups excluding carboxylic acids is 1. The topological polar surface area (TPSA) is 65.8 Å². The predicted octanol–water partition coefficient (Wildman–Crippen LogP) is 3.21. The van der Waals surface area contributed by atoms with Gasteiger partial charge in [0, 0.05) is 39.5 Å². The number of rotatable bonds is 8. The zero-order valence-corrected chi connectivity index (χ0v) is 17.0. The lowest BCUT2D eigenvalue weighted by Gasteiger charge is -2.26. The van der Waals surface area contributed by atoms with Crippen molar-refractivity contribution in [3.63, 3.8) is 0 Å². The Morgan fingerprint density at radius 1 is 1.17 bits per heavy atom. The molecule has 0 bridgehead atoms. The highest BCUT2D eigenvalue weighted by Gasteiger charge is 2.23. The Hall–Kier alpha value is -3.04. The van der Waals surface area contributed by atoms with Crippen LogP contribution in [0.25, 0.3) is 0 Å². The fourth-order valence-corrected chi connectivity index (χ4v) is 3.27. The molecule has 1 aliphatic heterocycles. The van der Waals surface area contributed by atoms with Gasteiger partial charge in [-0.1, -0.05) is 12.1 Å². The van der Waals surface area contributed by atoms with Crippen molar-refractivity contribution in [1.82, 2.24) is 4.90 Å². The molecule has 6 nitrogen and oxygen atoms in total. The molecule has 1 amide bonds. The summed E-state index contributed by atoms with van der Waals surface area (Å²) in [5.41, 5.74) is 2.75. The number of anilines is 1. The summed E-state index contributed by atoms with van der Waals surface area (Å²) in [5, 5.41) is 8.88. The number of ether oxygens (including phenoxy) is 2. The van der Waals surface area contributed by atoms with Gasteiger partial charge in [0.2, 0.25) is 0 Å². The quantitative estimate of drug-likeness (QED) is 0.689. The standard InChI is InChI=1S/C23H27N3O3/c1-25(2)20-9-5-19(6-10-20)15-26(16-22-4-3-13-28-22)23(27)17-29-21-11-7-18(14-24)8-12-21/h5-12,22H,3-4,13,15-17H2,1-2H3. The first-order valence-electron chi connectivity index (χ1n) is 9.84. The SMILES string of the molecule is CN(C)c1ccc(CN(CC2CCCO2)C(=O)COc2ccc(C#N)cc2)cc1. The van der Waals surface area contributed by atoms with Crippen LogP contribution >= 0.6 is 0 Å². The highest BCUT2D eigenvalue weighted by atomic mass is 16.5. The third-order valence-corrected chi connectivity index (χ3v) is 4.97. The first-order chi connectivity index (χ1) is 14.0. The van der Waals surface area contributed by atoms with Crippen molar-refractivity contribution < 1.29 is 14.3 Å². The maximum absolute atomic E-state index is 12.9. The molecular weight excluding hydrogens is 366 g/mol. The Morgan fingerprint density at radius 2 is 1.90 bits per heavy atom. The van der Waals surface area contributed by atoms with Gasteiger partial charge in [0.15, 0.2) is 6.61 Å². The maximum atomic E-state index is 12.9. The highest BCUT2D eigenvalue weighted by molar-refractivity contribution is 5.77. The minimum absolute atomic E-state index is 0.0472. The summed E-state index contributed by atoms with van der Waals surface area (Å²) in [6.07, 6.45) is 2.08. The number of benzene rings is 2. The third-order valence-electron chi connectivity index (χ3n) is 4.97. The first-order valence-corrected chi connectivity index (χ1v) is 9.84. The summed E-state index contributed by atoms with van der Waals surface area (Å²) in [7, 11) is 4.01. The summed E-state index contributed by atoms with van der Waals surface area (Å²) >= 11 is 0. The van der Waals surface area contributed by atoms with Crippen LogP contribution in [0.3, 0.4) is 0 Å². The zero-order chi connectivity index (χ0) is 20.6. The van der Waals surface area contributed by atoms with Crippen molar-refractivity contribution in [1.29, 1.82) is 5.26 Å². The monoisotopic (exact) mass is 393 g/mol. The van der Waals surface area contributed by atoms with Gasteiger partial charge in [-0.15, -0.1) is 0 Å². The summed E-state index contributed by atoms with van der Waals surface area (Å²) < 4.78 is 11.4. The molecule has 0 N–H and O–H groups in total. The average Bonchev–Trinajstić information content (AvgIpc) is 3.25. The normalized spacial score (nSPS) is 15.6. The van der Waals surface area contributed by atoms with Gasteiger partial charge in [0.1, 0.15) is 5.75 Å². The summed E-state index contributed by atoms with van der Waals surface area (Å²) in [6.45, 7) is 1.79. The molecule has 1 atom stereocenters. The van der Waals surface area contributed by atoms with Crippen LogP contribution in [0.2, 0.25) is 0 Å². The molecule has 0 aliphatic carbocycles. The molecule has 0 radical (unpaired) electrons. The number of amides is 1. The molecule has 1 unspecified atom stereocenters. The average molecular weight is 393 g/mol. The predicted molar refractivity (Wildman–Crippen MR) is 112 cm³/mol. The smallest absolute Gasteiger partial charge is 0.260 e. The minimum Gasteiger partial charge on any atom is -0.484 e. The summed E-state index contributed by atoms with van der Waals surface area (Å²) in [5.74, 6) is 0.492. The van der Waals surface area contributed by atoms with Crippen molar-refractivity contribution in [2.24, 2.45) is 0 Å². The van der Waals surface area contributed by atoms with E-state index in [1.54, 1.807) is 24.3 Å². The van der Waals surface area contributed by atoms with Gasteiger partial charge in [0.25, 0.3) is 5.91 Å². The Labute approximate surface area is 172 Å². The van der Waals surface area contributed by atoms with Gasteiger partial charge < -0.3 is 19.3 Å². The van der Waals surface area contributed by atoms with Crippen LogP contribution in [0.4, 0.5) is 5.69 Å². The van der Waals surface area contributed by atoms with Crippen LogP contribution in [0, 0.1) is 11.3 Å². The van der Waals surface area contributed by atoms with Gasteiger partial charge >= 0.3 is 0 Å². The van der Waals surface area contributed by atoms with Crippen LogP contribution < -0.4 is 9.64 Å². The molecule has 1 saturated heterocycles. The number of nitriles is 1. The second-order valence-corrected chi connectivity index (χ2v) is 7.40. The minimum atomic E-state index is -0.0819. The molecule has 2 aromatic rings. The lowest BCUT2D eigenvalue weighted by molar-refractivity contribution is -0.135. The van der Waals surface area contributed by atoms with E-state index in [9.17, 15) is 4.79 Å². The van der Waals surface area contributed by atoms with Crippen molar-refractivity contribution in [2.45, 2.75) is 25.5 Å². The van der Waals surface area contributed by atoms with E-state index in [0.717, 1.165) is 30.7 Å². The molecule has 152 valence electrons. The largest absolute Gasteiger partial charge is 0.484 e. The molecule has 0 saturated carbocycles. The van der Waals surface area contributed by atoms with Crippen LogP contribution in [-0.2, 0) is 16.1 Å². The Morgan fingerprint density at radius 3 is 2.48 bits per heavy atom.